The molecule has 1 unspecified atom stereocenters. The fourth-order valence-corrected chi connectivity index (χ4v) is 3.22. The summed E-state index contributed by atoms with van der Waals surface area (Å²) in [6.45, 7) is 4.71. The van der Waals surface area contributed by atoms with E-state index in [2.05, 4.69) is 17.0 Å². The molecule has 1 rings (SSSR count). The number of hydrogen-bond acceptors (Lipinski definition) is 3. The van der Waals surface area contributed by atoms with Gasteiger partial charge in [0.15, 0.2) is 0 Å². The molecule has 0 aliphatic heterocycles. The van der Waals surface area contributed by atoms with Crippen molar-refractivity contribution in [2.75, 3.05) is 12.3 Å². The van der Waals surface area contributed by atoms with Crippen LogP contribution in [0.5, 0.6) is 0 Å². The smallest absolute Gasteiger partial charge is 0.213 e. The second-order valence-corrected chi connectivity index (χ2v) is 7.29. The Morgan fingerprint density at radius 1 is 1.22 bits per heavy atom. The van der Waals surface area contributed by atoms with Gasteiger partial charge in [0.2, 0.25) is 10.0 Å². The van der Waals surface area contributed by atoms with Crippen LogP contribution in [0.15, 0.2) is 0 Å². The van der Waals surface area contributed by atoms with Gasteiger partial charge in [0.1, 0.15) is 0 Å². The summed E-state index contributed by atoms with van der Waals surface area (Å²) in [4.78, 5) is 0. The first kappa shape index (κ1) is 15.9. The number of rotatable bonds is 11. The zero-order chi connectivity index (χ0) is 13.4. The third kappa shape index (κ3) is 8.06. The van der Waals surface area contributed by atoms with Gasteiger partial charge in [-0.05, 0) is 26.2 Å². The summed E-state index contributed by atoms with van der Waals surface area (Å²) in [6.07, 6.45) is 8.10. The molecular weight excluding hydrogens is 248 g/mol. The average molecular weight is 276 g/mol. The molecule has 0 saturated heterocycles. The second kappa shape index (κ2) is 8.12. The minimum absolute atomic E-state index is 0.0628. The zero-order valence-electron chi connectivity index (χ0n) is 11.7. The van der Waals surface area contributed by atoms with E-state index in [0.717, 1.165) is 12.8 Å². The van der Waals surface area contributed by atoms with Gasteiger partial charge in [-0.1, -0.05) is 32.6 Å². The highest BCUT2D eigenvalue weighted by atomic mass is 32.2. The van der Waals surface area contributed by atoms with Crippen molar-refractivity contribution in [2.45, 2.75) is 70.9 Å². The van der Waals surface area contributed by atoms with Crippen LogP contribution in [0.4, 0.5) is 0 Å². The molecule has 2 N–H and O–H groups in total. The Morgan fingerprint density at radius 3 is 2.56 bits per heavy atom. The first-order valence-electron chi connectivity index (χ1n) is 7.27. The molecular formula is C13H28N2O2S. The topological polar surface area (TPSA) is 58.2 Å². The van der Waals surface area contributed by atoms with Crippen molar-refractivity contribution in [3.63, 3.8) is 0 Å². The minimum atomic E-state index is -3.10. The Kier molecular flexibility index (Phi) is 7.19. The van der Waals surface area contributed by atoms with Crippen LogP contribution in [0.3, 0.4) is 0 Å². The number of unbranched alkanes of at least 4 members (excludes halogenated alkanes) is 3. The Morgan fingerprint density at radius 2 is 1.94 bits per heavy atom. The van der Waals surface area contributed by atoms with Crippen molar-refractivity contribution >= 4 is 10.0 Å². The molecule has 1 aliphatic rings. The molecule has 1 aliphatic carbocycles. The third-order valence-electron chi connectivity index (χ3n) is 3.25. The Bertz CT molecular complexity index is 313. The van der Waals surface area contributed by atoms with Gasteiger partial charge in [-0.25, -0.2) is 13.1 Å². The number of hydrogen-bond donors (Lipinski definition) is 2. The van der Waals surface area contributed by atoms with Crippen molar-refractivity contribution in [2.24, 2.45) is 0 Å². The van der Waals surface area contributed by atoms with Gasteiger partial charge in [-0.3, -0.25) is 0 Å². The first-order chi connectivity index (χ1) is 8.53. The molecule has 0 radical (unpaired) electrons. The van der Waals surface area contributed by atoms with E-state index < -0.39 is 10.0 Å². The molecule has 1 saturated carbocycles. The van der Waals surface area contributed by atoms with E-state index in [1.54, 1.807) is 0 Å². The maximum absolute atomic E-state index is 11.8. The first-order valence-corrected chi connectivity index (χ1v) is 8.92. The van der Waals surface area contributed by atoms with Crippen LogP contribution >= 0.6 is 0 Å². The van der Waals surface area contributed by atoms with Crippen molar-refractivity contribution in [1.82, 2.24) is 10.0 Å². The quantitative estimate of drug-likeness (QED) is 0.568. The molecule has 0 aromatic heterocycles. The summed E-state index contributed by atoms with van der Waals surface area (Å²) < 4.78 is 26.3. The van der Waals surface area contributed by atoms with Crippen molar-refractivity contribution in [1.29, 1.82) is 0 Å². The molecule has 108 valence electrons. The zero-order valence-corrected chi connectivity index (χ0v) is 12.6. The summed E-state index contributed by atoms with van der Waals surface area (Å²) in [5, 5.41) is 3.23. The van der Waals surface area contributed by atoms with Gasteiger partial charge in [0.05, 0.1) is 5.75 Å². The highest BCUT2D eigenvalue weighted by molar-refractivity contribution is 7.89. The predicted octanol–water partition coefficient (Wildman–Crippen LogP) is 2.02. The van der Waals surface area contributed by atoms with Crippen LogP contribution in [-0.4, -0.2) is 32.8 Å². The maximum Gasteiger partial charge on any atom is 0.213 e. The van der Waals surface area contributed by atoms with Gasteiger partial charge >= 0.3 is 0 Å². The Balaban J connectivity index is 2.08. The van der Waals surface area contributed by atoms with Crippen molar-refractivity contribution in [3.8, 4) is 0 Å². The molecule has 4 nitrogen and oxygen atoms in total. The number of nitrogens with one attached hydrogen (secondary N) is 2. The van der Waals surface area contributed by atoms with Crippen molar-refractivity contribution in [3.05, 3.63) is 0 Å². The molecule has 18 heavy (non-hydrogen) atoms. The molecule has 1 fully saturated rings. The highest BCUT2D eigenvalue weighted by Crippen LogP contribution is 2.18. The summed E-state index contributed by atoms with van der Waals surface area (Å²) in [5.41, 5.74) is 0. The lowest BCUT2D eigenvalue weighted by Gasteiger charge is -2.14. The summed E-state index contributed by atoms with van der Waals surface area (Å²) in [7, 11) is -3.10. The van der Waals surface area contributed by atoms with E-state index in [4.69, 9.17) is 0 Å². The van der Waals surface area contributed by atoms with Gasteiger partial charge in [-0.2, -0.15) is 0 Å². The molecule has 0 aromatic rings. The van der Waals surface area contributed by atoms with Gasteiger partial charge in [0.25, 0.3) is 0 Å². The van der Waals surface area contributed by atoms with Crippen LogP contribution in [0.25, 0.3) is 0 Å². The largest absolute Gasteiger partial charge is 0.313 e. The van der Waals surface area contributed by atoms with Crippen LogP contribution in [0.1, 0.15) is 58.8 Å². The summed E-state index contributed by atoms with van der Waals surface area (Å²) >= 11 is 0. The van der Waals surface area contributed by atoms with E-state index in [0.29, 0.717) is 12.6 Å². The molecule has 0 bridgehead atoms. The Hall–Kier alpha value is -0.130. The molecule has 1 atom stereocenters. The van der Waals surface area contributed by atoms with Gasteiger partial charge in [-0.15, -0.1) is 0 Å². The number of sulfonamides is 1. The van der Waals surface area contributed by atoms with E-state index in [9.17, 15) is 8.42 Å². The van der Waals surface area contributed by atoms with Crippen molar-refractivity contribution < 1.29 is 8.42 Å². The van der Waals surface area contributed by atoms with Crippen LogP contribution in [0.2, 0.25) is 0 Å². The lowest BCUT2D eigenvalue weighted by atomic mass is 10.1. The standard InChI is InChI=1S/C13H28N2O2S/c1-3-4-5-6-7-12(2)15-18(16,17)11-10-14-13-8-9-13/h12-15H,3-11H2,1-2H3. The normalized spacial score (nSPS) is 17.9. The molecule has 0 amide bonds. The SMILES string of the molecule is CCCCCCC(C)NS(=O)(=O)CCNC1CC1. The lowest BCUT2D eigenvalue weighted by Crippen LogP contribution is -2.37. The third-order valence-corrected chi connectivity index (χ3v) is 4.76. The fourth-order valence-electron chi connectivity index (χ4n) is 1.99. The Labute approximate surface area is 112 Å². The van der Waals surface area contributed by atoms with E-state index in [1.807, 2.05) is 6.92 Å². The van der Waals surface area contributed by atoms with E-state index >= 15 is 0 Å². The monoisotopic (exact) mass is 276 g/mol. The highest BCUT2D eigenvalue weighted by Gasteiger charge is 2.21. The van der Waals surface area contributed by atoms with E-state index in [-0.39, 0.29) is 11.8 Å². The molecule has 5 heteroatoms. The fraction of sp³-hybridized carbons (Fsp3) is 1.00. The molecule has 0 aromatic carbocycles. The molecule has 0 heterocycles. The minimum Gasteiger partial charge on any atom is -0.313 e. The predicted molar refractivity (Wildman–Crippen MR) is 76.2 cm³/mol. The van der Waals surface area contributed by atoms with E-state index in [1.165, 1.54) is 32.1 Å². The van der Waals surface area contributed by atoms with Crippen LogP contribution in [0, 0.1) is 0 Å². The average Bonchev–Trinajstić information content (AvgIpc) is 3.07. The summed E-state index contributed by atoms with van der Waals surface area (Å²) in [5.74, 6) is 0.197. The maximum atomic E-state index is 11.8. The van der Waals surface area contributed by atoms with Crippen LogP contribution < -0.4 is 10.0 Å². The molecule has 0 spiro atoms. The lowest BCUT2D eigenvalue weighted by molar-refractivity contribution is 0.520. The second-order valence-electron chi connectivity index (χ2n) is 5.42. The van der Waals surface area contributed by atoms with Gasteiger partial charge < -0.3 is 5.32 Å². The van der Waals surface area contributed by atoms with Gasteiger partial charge in [0, 0.05) is 18.6 Å². The summed E-state index contributed by atoms with van der Waals surface area (Å²) in [6, 6.07) is 0.638. The van der Waals surface area contributed by atoms with Crippen LogP contribution in [-0.2, 0) is 10.0 Å².